The number of benzene rings is 4. The van der Waals surface area contributed by atoms with Gasteiger partial charge in [0.25, 0.3) is 8.32 Å². The lowest BCUT2D eigenvalue weighted by atomic mass is 9.83. The van der Waals surface area contributed by atoms with Gasteiger partial charge in [-0.25, -0.2) is 0 Å². The quantitative estimate of drug-likeness (QED) is 0.298. The maximum atomic E-state index is 7.53. The first kappa shape index (κ1) is 23.1. The van der Waals surface area contributed by atoms with Crippen LogP contribution in [0.5, 0.6) is 0 Å². The molecule has 1 saturated carbocycles. The molecule has 37 heavy (non-hydrogen) atoms. The number of hydrogen-bond acceptors (Lipinski definition) is 3. The second-order valence-corrected chi connectivity index (χ2v) is 14.4. The molecule has 4 aromatic rings. The molecular formula is C33H34N2OSi. The first-order chi connectivity index (χ1) is 18.3. The van der Waals surface area contributed by atoms with E-state index in [2.05, 4.69) is 132 Å². The first-order valence-electron chi connectivity index (χ1n) is 13.7. The minimum Gasteiger partial charge on any atom is -0.402 e. The maximum absolute atomic E-state index is 7.53. The van der Waals surface area contributed by atoms with Gasteiger partial charge in [-0.3, -0.25) is 0 Å². The van der Waals surface area contributed by atoms with Crippen LogP contribution in [0.3, 0.4) is 0 Å². The Balaban J connectivity index is 1.32. The van der Waals surface area contributed by atoms with E-state index < -0.39 is 8.32 Å². The van der Waals surface area contributed by atoms with E-state index in [4.69, 9.17) is 4.43 Å². The highest BCUT2D eigenvalue weighted by Gasteiger charge is 2.62. The van der Waals surface area contributed by atoms with Gasteiger partial charge in [-0.05, 0) is 46.4 Å². The average Bonchev–Trinajstić information content (AvgIpc) is 3.66. The van der Waals surface area contributed by atoms with Gasteiger partial charge in [0.1, 0.15) is 0 Å². The van der Waals surface area contributed by atoms with Crippen molar-refractivity contribution < 1.29 is 4.43 Å². The fraction of sp³-hybridized carbons (Fsp3) is 0.273. The molecule has 0 spiro atoms. The molecule has 4 aromatic carbocycles. The van der Waals surface area contributed by atoms with Gasteiger partial charge in [-0.1, -0.05) is 121 Å². The Morgan fingerprint density at radius 1 is 0.703 bits per heavy atom. The third kappa shape index (κ3) is 3.74. The van der Waals surface area contributed by atoms with Crippen molar-refractivity contribution in [3.05, 3.63) is 127 Å². The summed E-state index contributed by atoms with van der Waals surface area (Å²) in [7, 11) is -2.74. The zero-order valence-corrected chi connectivity index (χ0v) is 22.1. The molecule has 3 nitrogen and oxygen atoms in total. The van der Waals surface area contributed by atoms with Crippen LogP contribution >= 0.6 is 0 Å². The summed E-state index contributed by atoms with van der Waals surface area (Å²) in [5.74, 6) is 1.31. The van der Waals surface area contributed by atoms with E-state index in [9.17, 15) is 0 Å². The van der Waals surface area contributed by atoms with Gasteiger partial charge in [0.2, 0.25) is 0 Å². The summed E-state index contributed by atoms with van der Waals surface area (Å²) in [6.07, 6.45) is 2.44. The van der Waals surface area contributed by atoms with E-state index in [0.717, 1.165) is 19.1 Å². The first-order valence-corrected chi connectivity index (χ1v) is 15.6. The largest absolute Gasteiger partial charge is 0.402 e. The molecule has 0 unspecified atom stereocenters. The van der Waals surface area contributed by atoms with E-state index in [-0.39, 0.29) is 5.54 Å². The summed E-state index contributed by atoms with van der Waals surface area (Å²) in [6.45, 7) is 1.85. The Bertz CT molecular complexity index is 1240. The lowest BCUT2D eigenvalue weighted by molar-refractivity contribution is 0.166. The molecule has 0 radical (unpaired) electrons. The lowest BCUT2D eigenvalue weighted by Gasteiger charge is -2.39. The maximum Gasteiger partial charge on any atom is 0.288 e. The smallest absolute Gasteiger partial charge is 0.288 e. The Morgan fingerprint density at radius 2 is 1.22 bits per heavy atom. The van der Waals surface area contributed by atoms with E-state index >= 15 is 0 Å². The summed E-state index contributed by atoms with van der Waals surface area (Å²) >= 11 is 0. The zero-order chi connectivity index (χ0) is 24.7. The van der Waals surface area contributed by atoms with E-state index in [1.54, 1.807) is 0 Å². The normalized spacial score (nSPS) is 28.3. The van der Waals surface area contributed by atoms with Gasteiger partial charge in [0.05, 0.1) is 6.61 Å². The Labute approximate surface area is 221 Å². The van der Waals surface area contributed by atoms with Gasteiger partial charge in [-0.15, -0.1) is 0 Å². The van der Waals surface area contributed by atoms with Crippen molar-refractivity contribution in [3.8, 4) is 0 Å². The SMILES string of the molecule is c1ccc([C@@H]2N[C@@]3(CO[Si](c4ccccc4)(c4ccccc4)c4ccccc4)CC[C@H]4CN[C@@H]2[C@H]43)cc1. The Morgan fingerprint density at radius 3 is 1.76 bits per heavy atom. The van der Waals surface area contributed by atoms with Crippen LogP contribution in [-0.2, 0) is 4.43 Å². The molecule has 0 amide bonds. The molecule has 2 aliphatic heterocycles. The van der Waals surface area contributed by atoms with Crippen LogP contribution in [-0.4, -0.2) is 33.0 Å². The molecule has 0 aromatic heterocycles. The van der Waals surface area contributed by atoms with Crippen molar-refractivity contribution in [2.45, 2.75) is 30.5 Å². The van der Waals surface area contributed by atoms with Crippen molar-refractivity contribution >= 4 is 23.9 Å². The fourth-order valence-electron chi connectivity index (χ4n) is 7.58. The predicted octanol–water partition coefficient (Wildman–Crippen LogP) is 3.75. The van der Waals surface area contributed by atoms with Crippen LogP contribution in [0.2, 0.25) is 0 Å². The molecule has 5 atom stereocenters. The summed E-state index contributed by atoms with van der Waals surface area (Å²) in [5.41, 5.74) is 1.36. The lowest BCUT2D eigenvalue weighted by Crippen LogP contribution is -2.70. The second kappa shape index (κ2) is 9.37. The van der Waals surface area contributed by atoms with Gasteiger partial charge >= 0.3 is 0 Å². The third-order valence-electron chi connectivity index (χ3n) is 9.16. The van der Waals surface area contributed by atoms with Crippen LogP contribution in [0.15, 0.2) is 121 Å². The van der Waals surface area contributed by atoms with Gasteiger partial charge in [0.15, 0.2) is 0 Å². The zero-order valence-electron chi connectivity index (χ0n) is 21.1. The summed E-state index contributed by atoms with van der Waals surface area (Å²) in [4.78, 5) is 0. The van der Waals surface area contributed by atoms with Crippen LogP contribution in [0.1, 0.15) is 24.4 Å². The Hall–Kier alpha value is -3.02. The molecule has 2 N–H and O–H groups in total. The highest BCUT2D eigenvalue weighted by molar-refractivity contribution is 7.07. The molecular weight excluding hydrogens is 468 g/mol. The molecule has 2 saturated heterocycles. The average molecular weight is 503 g/mol. The van der Waals surface area contributed by atoms with Crippen molar-refractivity contribution in [2.24, 2.45) is 11.8 Å². The third-order valence-corrected chi connectivity index (χ3v) is 13.2. The molecule has 186 valence electrons. The number of hydrogen-bond donors (Lipinski definition) is 2. The highest BCUT2D eigenvalue weighted by atomic mass is 28.4. The molecule has 3 aliphatic rings. The standard InChI is InChI=1S/C33H34N2OSi/c1-5-13-25(14-6-1)31-32-30-26(23-34-32)21-22-33(30,35-31)24-36-37(27-15-7-2-8-16-27,28-17-9-3-10-18-28)29-19-11-4-12-20-29/h1-20,26,30-32,34-35H,21-24H2/t26-,30-,31-,32+,33+/m0/s1. The predicted molar refractivity (Wildman–Crippen MR) is 153 cm³/mol. The second-order valence-electron chi connectivity index (χ2n) is 11.0. The summed E-state index contributed by atoms with van der Waals surface area (Å²) in [6, 6.07) is 44.7. The summed E-state index contributed by atoms with van der Waals surface area (Å²) < 4.78 is 7.53. The van der Waals surface area contributed by atoms with Crippen molar-refractivity contribution in [1.82, 2.24) is 10.6 Å². The van der Waals surface area contributed by atoms with Gasteiger partial charge in [0, 0.05) is 23.5 Å². The molecule has 0 bridgehead atoms. The molecule has 2 heterocycles. The Kier molecular flexibility index (Phi) is 5.86. The van der Waals surface area contributed by atoms with Crippen LogP contribution in [0, 0.1) is 11.8 Å². The van der Waals surface area contributed by atoms with Crippen LogP contribution in [0.4, 0.5) is 0 Å². The van der Waals surface area contributed by atoms with Crippen LogP contribution < -0.4 is 26.2 Å². The minimum absolute atomic E-state index is 0.0179. The van der Waals surface area contributed by atoms with Crippen molar-refractivity contribution in [3.63, 3.8) is 0 Å². The summed E-state index contributed by atoms with van der Waals surface area (Å²) in [5, 5.41) is 12.0. The van der Waals surface area contributed by atoms with Crippen molar-refractivity contribution in [2.75, 3.05) is 13.2 Å². The van der Waals surface area contributed by atoms with E-state index in [1.807, 2.05) is 0 Å². The molecule has 3 fully saturated rings. The monoisotopic (exact) mass is 502 g/mol. The molecule has 7 rings (SSSR count). The van der Waals surface area contributed by atoms with Crippen LogP contribution in [0.25, 0.3) is 0 Å². The fourth-order valence-corrected chi connectivity index (χ4v) is 11.5. The number of rotatable bonds is 7. The molecule has 1 aliphatic carbocycles. The molecule has 4 heteroatoms. The van der Waals surface area contributed by atoms with Gasteiger partial charge < -0.3 is 15.1 Å². The minimum atomic E-state index is -2.74. The number of nitrogens with one attached hydrogen (secondary N) is 2. The van der Waals surface area contributed by atoms with Crippen molar-refractivity contribution in [1.29, 1.82) is 0 Å². The van der Waals surface area contributed by atoms with Gasteiger partial charge in [-0.2, -0.15) is 0 Å². The van der Waals surface area contributed by atoms with E-state index in [1.165, 1.54) is 34.0 Å². The van der Waals surface area contributed by atoms with E-state index in [0.29, 0.717) is 18.0 Å². The topological polar surface area (TPSA) is 33.3 Å². The highest BCUT2D eigenvalue weighted by Crippen LogP contribution is 2.53.